The molecule has 9 unspecified atom stereocenters. The van der Waals surface area contributed by atoms with Gasteiger partial charge in [-0.05, 0) is 139 Å². The summed E-state index contributed by atoms with van der Waals surface area (Å²) in [5, 5.41) is 74.3. The molecule has 2 aromatic rings. The molecule has 4 aliphatic heterocycles. The number of nitrogens with one attached hydrogen (secondary N) is 3. The lowest BCUT2D eigenvalue weighted by molar-refractivity contribution is -0.339. The first kappa shape index (κ1) is 85.7. The van der Waals surface area contributed by atoms with Crippen molar-refractivity contribution in [2.45, 2.75) is 234 Å². The van der Waals surface area contributed by atoms with Crippen LogP contribution in [0.25, 0.3) is 0 Å². The number of hydrazone groups is 1. The highest BCUT2D eigenvalue weighted by Crippen LogP contribution is 2.50. The first-order valence-electron chi connectivity index (χ1n) is 34.6. The number of ketones is 2. The molecule has 4 fully saturated rings. The molecule has 105 heavy (non-hydrogen) atoms. The van der Waals surface area contributed by atoms with Gasteiger partial charge in [-0.2, -0.15) is 10.6 Å². The Morgan fingerprint density at radius 3 is 2.20 bits per heavy atom. The van der Waals surface area contributed by atoms with Gasteiger partial charge >= 0.3 is 0 Å². The van der Waals surface area contributed by atoms with Gasteiger partial charge < -0.3 is 102 Å². The second-order valence-corrected chi connectivity index (χ2v) is 32.3. The SMILES string of the molecule is CCN(C(C)=O)[C@H]1CO[C@@H](OC2C(O)[C@H](NO[C@H]3CC(O)[C@H](SC(=O)c4c(C)c(I)c(O[C@@H]5OC(C)[C@H](O)C(OC)C5O)c(OC)c4OC)C(C)O3)C(C)O[C@H]2O[C@H]2CC=C[C@]3(O)CC(=O)C(NC(=O)CO)=C2/C3=C\CSSC(C)(C)CC(=O)N/N=C(\C)c2ccc(OCCCC(C)=O)cc2)CC1OC. The highest BCUT2D eigenvalue weighted by atomic mass is 127. The molecular formula is C71H100IN5O25S3. The van der Waals surface area contributed by atoms with Crippen molar-refractivity contribution < 1.29 is 121 Å². The van der Waals surface area contributed by atoms with E-state index < -0.39 is 150 Å². The maximum Gasteiger partial charge on any atom is 0.250 e. The molecule has 0 spiro atoms. The number of ether oxygens (including phenoxy) is 12. The molecule has 19 atom stereocenters. The minimum absolute atomic E-state index is 0.00407. The first-order valence-corrected chi connectivity index (χ1v) is 38.9. The molecular weight excluding hydrogens is 1550 g/mol. The molecule has 4 saturated heterocycles. The Hall–Kier alpha value is -4.91. The Morgan fingerprint density at radius 2 is 1.56 bits per heavy atom. The lowest BCUT2D eigenvalue weighted by Crippen LogP contribution is -2.65. The van der Waals surface area contributed by atoms with Crippen LogP contribution < -0.4 is 35.2 Å². The van der Waals surface area contributed by atoms with E-state index in [1.165, 1.54) is 70.0 Å². The number of aliphatic hydroxyl groups is 6. The average molecular weight is 1650 g/mol. The van der Waals surface area contributed by atoms with Gasteiger partial charge in [0.05, 0.1) is 102 Å². The number of nitrogens with zero attached hydrogens (tertiary/aromatic N) is 2. The fourth-order valence-electron chi connectivity index (χ4n) is 13.4. The number of carbonyl (C=O) groups excluding carboxylic acids is 6. The summed E-state index contributed by atoms with van der Waals surface area (Å²) in [6.45, 7) is 16.7. The number of hydrogen-bond donors (Lipinski definition) is 9. The van der Waals surface area contributed by atoms with Crippen LogP contribution in [0.1, 0.15) is 129 Å². The minimum Gasteiger partial charge on any atom is -0.494 e. The number of aliphatic hydroxyl groups excluding tert-OH is 5. The van der Waals surface area contributed by atoms with Crippen molar-refractivity contribution in [1.29, 1.82) is 0 Å². The molecule has 0 radical (unpaired) electrons. The predicted molar refractivity (Wildman–Crippen MR) is 395 cm³/mol. The number of carbonyl (C=O) groups is 6. The molecule has 3 amide bonds. The number of amides is 3. The summed E-state index contributed by atoms with van der Waals surface area (Å²) in [7, 11) is 8.29. The summed E-state index contributed by atoms with van der Waals surface area (Å²) >= 11 is 2.79. The molecule has 30 nitrogen and oxygen atoms in total. The van der Waals surface area contributed by atoms with Gasteiger partial charge in [-0.15, -0.1) is 0 Å². The van der Waals surface area contributed by atoms with Crippen LogP contribution >= 0.6 is 55.9 Å². The molecule has 2 aliphatic carbocycles. The zero-order chi connectivity index (χ0) is 76.9. The van der Waals surface area contributed by atoms with Crippen molar-refractivity contribution in [2.24, 2.45) is 5.10 Å². The number of benzene rings is 2. The summed E-state index contributed by atoms with van der Waals surface area (Å²) < 4.78 is 73.2. The summed E-state index contributed by atoms with van der Waals surface area (Å²) in [5.74, 6) is -1.10. The van der Waals surface area contributed by atoms with Gasteiger partial charge in [-0.25, -0.2) is 5.43 Å². The minimum atomic E-state index is -1.92. The van der Waals surface area contributed by atoms with Crippen LogP contribution in [0, 0.1) is 10.5 Å². The van der Waals surface area contributed by atoms with Crippen molar-refractivity contribution >= 4 is 96.1 Å². The molecule has 6 aliphatic rings. The van der Waals surface area contributed by atoms with Crippen LogP contribution in [0.2, 0.25) is 0 Å². The van der Waals surface area contributed by atoms with Gasteiger partial charge in [-0.3, -0.25) is 28.8 Å². The third-order valence-corrected chi connectivity index (χ3v) is 24.7. The second kappa shape index (κ2) is 38.6. The third-order valence-electron chi connectivity index (χ3n) is 18.9. The number of allylic oxidation sites excluding steroid dienone is 1. The number of thioether (sulfide) groups is 1. The van der Waals surface area contributed by atoms with E-state index in [-0.39, 0.29) is 95.3 Å². The van der Waals surface area contributed by atoms with E-state index in [1.807, 2.05) is 55.5 Å². The number of likely N-dealkylation sites (N-methyl/N-ethyl adjacent to an activating group) is 1. The van der Waals surface area contributed by atoms with Crippen LogP contribution in [0.5, 0.6) is 23.0 Å². The number of halogens is 1. The molecule has 584 valence electrons. The Bertz CT molecular complexity index is 3500. The largest absolute Gasteiger partial charge is 0.494 e. The number of rotatable bonds is 32. The second-order valence-electron chi connectivity index (χ2n) is 27.0. The van der Waals surface area contributed by atoms with Crippen LogP contribution in [-0.2, 0) is 66.7 Å². The van der Waals surface area contributed by atoms with Crippen LogP contribution in [0.15, 0.2) is 64.4 Å². The average Bonchev–Trinajstić information content (AvgIpc) is 1.12. The topological polar surface area (TPSA) is 395 Å². The summed E-state index contributed by atoms with van der Waals surface area (Å²) in [6, 6.07) is 5.56. The highest BCUT2D eigenvalue weighted by Gasteiger charge is 2.53. The van der Waals surface area contributed by atoms with E-state index in [1.54, 1.807) is 63.8 Å². The van der Waals surface area contributed by atoms with Gasteiger partial charge in [0.25, 0.3) is 0 Å². The summed E-state index contributed by atoms with van der Waals surface area (Å²) in [5.41, 5.74) is 5.49. The van der Waals surface area contributed by atoms with Crippen LogP contribution in [0.4, 0.5) is 0 Å². The van der Waals surface area contributed by atoms with Gasteiger partial charge in [0.2, 0.25) is 34.9 Å². The zero-order valence-corrected chi connectivity index (χ0v) is 66.0. The lowest BCUT2D eigenvalue weighted by atomic mass is 9.76. The fourth-order valence-corrected chi connectivity index (χ4v) is 17.5. The van der Waals surface area contributed by atoms with Crippen LogP contribution in [0.3, 0.4) is 0 Å². The van der Waals surface area contributed by atoms with Gasteiger partial charge in [0.1, 0.15) is 54.3 Å². The smallest absolute Gasteiger partial charge is 0.250 e. The maximum atomic E-state index is 14.5. The normalized spacial score (nSPS) is 31.2. The van der Waals surface area contributed by atoms with Crippen molar-refractivity contribution in [3.05, 3.63) is 79.6 Å². The third kappa shape index (κ3) is 21.2. The zero-order valence-electron chi connectivity index (χ0n) is 61.4. The number of fused-ring (bicyclic) bond motifs is 2. The van der Waals surface area contributed by atoms with E-state index >= 15 is 0 Å². The molecule has 2 bridgehead atoms. The highest BCUT2D eigenvalue weighted by molar-refractivity contribution is 14.1. The fraction of sp³-hybridized carbons (Fsp3) is 0.648. The molecule has 4 heterocycles. The van der Waals surface area contributed by atoms with Gasteiger partial charge in [-0.1, -0.05) is 51.6 Å². The maximum absolute atomic E-state index is 14.5. The molecule has 0 aromatic heterocycles. The van der Waals surface area contributed by atoms with Crippen molar-refractivity contribution in [1.82, 2.24) is 21.1 Å². The van der Waals surface area contributed by atoms with Crippen molar-refractivity contribution in [3.8, 4) is 23.0 Å². The number of Topliss-reactive ketones (excluding diaryl/α,β-unsaturated/α-hetero) is 2. The van der Waals surface area contributed by atoms with Crippen LogP contribution in [-0.4, -0.2) is 256 Å². The molecule has 0 saturated carbocycles. The Labute approximate surface area is 636 Å². The van der Waals surface area contributed by atoms with E-state index in [0.29, 0.717) is 46.6 Å². The summed E-state index contributed by atoms with van der Waals surface area (Å²) in [4.78, 5) is 87.2. The Balaban J connectivity index is 0.984. The van der Waals surface area contributed by atoms with Gasteiger partial charge in [0, 0.05) is 75.9 Å². The monoisotopic (exact) mass is 1650 g/mol. The van der Waals surface area contributed by atoms with E-state index in [0.717, 1.165) is 17.3 Å². The van der Waals surface area contributed by atoms with Gasteiger partial charge in [0.15, 0.2) is 36.2 Å². The van der Waals surface area contributed by atoms with Crippen molar-refractivity contribution in [3.63, 3.8) is 0 Å². The molecule has 8 rings (SSSR count). The van der Waals surface area contributed by atoms with E-state index in [4.69, 9.17) is 61.7 Å². The Morgan fingerprint density at radius 1 is 0.857 bits per heavy atom. The lowest BCUT2D eigenvalue weighted by Gasteiger charge is -2.47. The molecule has 2 aromatic carbocycles. The van der Waals surface area contributed by atoms with E-state index in [9.17, 15) is 59.4 Å². The van der Waals surface area contributed by atoms with E-state index in [2.05, 4.69) is 21.3 Å². The molecule has 34 heteroatoms. The number of hydrogen-bond acceptors (Lipinski definition) is 30. The predicted octanol–water partition coefficient (Wildman–Crippen LogP) is 4.77. The molecule has 9 N–H and O–H groups in total. The number of methoxy groups -OCH3 is 4. The first-order chi connectivity index (χ1) is 49.8. The quantitative estimate of drug-likeness (QED) is 0.0119. The van der Waals surface area contributed by atoms with Crippen molar-refractivity contribution in [2.75, 3.05) is 60.6 Å². The standard InChI is InChI=1S/C71H100IN5O25S3/c1-15-77(40(8)80)44-33-95-51(29-48(44)90-11)100-64-59(86)56(76-102-52-28-45(81)66(39(7)96-52)104-67(88)53-35(3)55(72)62(65(93-14)61(53)91-12)101-68-60(87)63(92-13)58(85)38(6)98-68)37(5)97-69(64)99-47-19-16-25-71(89)30-46(82)57(73-50(84)32-78)54(47)43(71)24-27-103-105-70(9,10)31-49(83)75-74-36(4)41-20-22-42(23-21-41)94-26-17-18-34(2)79/h16,20-25,37-39,44-45,47-48,51-52,56,58-60,63-64,66,68-69,76,78,81,85-87,89H,15,17-19,26-33H2,1-14H3,(H,73,84)(H,75,83)/b43-24+,74-36+/t37?,38?,39?,44-,45?,47-,48?,51-,52-,56+,58-,59?,60?,63?,64?,66+,68-,69-,71-/m0/s1. The summed E-state index contributed by atoms with van der Waals surface area (Å²) in [6.07, 6.45) is -12.3. The Kier molecular flexibility index (Phi) is 31.5. The number of hydroxylamine groups is 1.